The summed E-state index contributed by atoms with van der Waals surface area (Å²) in [6, 6.07) is 1.34. The number of piperidine rings is 1. The SMILES string of the molecule is CCN(CC)S(=O)(=O)C1CCC(C(=O)NC2CCC(C)C(NC3NCCC(C4CNCC(N5CCOCC5)C4)N3)C2)O1. The molecule has 5 N–H and O–H groups in total. The first kappa shape index (κ1) is 32.5. The smallest absolute Gasteiger partial charge is 0.249 e. The lowest BCUT2D eigenvalue weighted by Crippen LogP contribution is -2.67. The quantitative estimate of drug-likeness (QED) is 0.229. The van der Waals surface area contributed by atoms with E-state index in [1.807, 2.05) is 13.8 Å². The van der Waals surface area contributed by atoms with Gasteiger partial charge in [0.15, 0.2) is 5.44 Å². The lowest BCUT2D eigenvalue weighted by molar-refractivity contribution is -0.131. The van der Waals surface area contributed by atoms with Crippen LogP contribution in [0.5, 0.6) is 0 Å². The van der Waals surface area contributed by atoms with Crippen molar-refractivity contribution in [1.82, 2.24) is 35.8 Å². The van der Waals surface area contributed by atoms with Crippen LogP contribution in [-0.4, -0.2) is 125 Å². The molecule has 42 heavy (non-hydrogen) atoms. The molecule has 1 amide bonds. The van der Waals surface area contributed by atoms with Crippen LogP contribution in [0.1, 0.15) is 65.7 Å². The Bertz CT molecular complexity index is 979. The second-order valence-corrected chi connectivity index (χ2v) is 15.0. The molecular weight excluding hydrogens is 558 g/mol. The van der Waals surface area contributed by atoms with Gasteiger partial charge in [-0.25, -0.2) is 12.7 Å². The summed E-state index contributed by atoms with van der Waals surface area (Å²) in [6.45, 7) is 13.6. The number of carbonyl (C=O) groups excluding carboxylic acids is 1. The Morgan fingerprint density at radius 2 is 1.81 bits per heavy atom. The van der Waals surface area contributed by atoms with Gasteiger partial charge in [-0.05, 0) is 69.9 Å². The van der Waals surface area contributed by atoms with E-state index in [9.17, 15) is 13.2 Å². The number of ether oxygens (including phenoxy) is 2. The Hall–Kier alpha value is -0.900. The summed E-state index contributed by atoms with van der Waals surface area (Å²) in [5.74, 6) is 0.907. The zero-order valence-corrected chi connectivity index (χ0v) is 26.7. The van der Waals surface area contributed by atoms with Crippen LogP contribution in [0.25, 0.3) is 0 Å². The molecular formula is C29H55N7O5S. The van der Waals surface area contributed by atoms with E-state index in [2.05, 4.69) is 38.4 Å². The number of nitrogens with zero attached hydrogens (tertiary/aromatic N) is 2. The van der Waals surface area contributed by atoms with Gasteiger partial charge in [0.1, 0.15) is 12.4 Å². The van der Waals surface area contributed by atoms with Gasteiger partial charge in [-0.2, -0.15) is 0 Å². The highest BCUT2D eigenvalue weighted by molar-refractivity contribution is 7.89. The van der Waals surface area contributed by atoms with Crippen LogP contribution >= 0.6 is 0 Å². The number of morpholine rings is 1. The number of rotatable bonds is 10. The fourth-order valence-electron chi connectivity index (χ4n) is 7.66. The van der Waals surface area contributed by atoms with Crippen molar-refractivity contribution in [2.24, 2.45) is 11.8 Å². The first-order chi connectivity index (χ1) is 20.3. The van der Waals surface area contributed by atoms with Gasteiger partial charge >= 0.3 is 0 Å². The van der Waals surface area contributed by atoms with E-state index in [0.29, 0.717) is 49.9 Å². The van der Waals surface area contributed by atoms with Crippen molar-refractivity contribution in [2.75, 3.05) is 59.0 Å². The third-order valence-corrected chi connectivity index (χ3v) is 12.5. The summed E-state index contributed by atoms with van der Waals surface area (Å²) in [7, 11) is -3.56. The fourth-order valence-corrected chi connectivity index (χ4v) is 9.42. The van der Waals surface area contributed by atoms with E-state index in [1.54, 1.807) is 0 Å². The zero-order valence-electron chi connectivity index (χ0n) is 25.9. The van der Waals surface area contributed by atoms with Crippen LogP contribution in [0.3, 0.4) is 0 Å². The van der Waals surface area contributed by atoms with Crippen molar-refractivity contribution in [3.05, 3.63) is 0 Å². The first-order valence-corrected chi connectivity index (χ1v) is 18.0. The van der Waals surface area contributed by atoms with Crippen molar-refractivity contribution in [1.29, 1.82) is 0 Å². The minimum Gasteiger partial charge on any atom is -0.379 e. The molecule has 1 saturated carbocycles. The molecule has 0 aromatic heterocycles. The van der Waals surface area contributed by atoms with Crippen molar-refractivity contribution in [2.45, 2.75) is 108 Å². The normalized spacial score (nSPS) is 38.9. The van der Waals surface area contributed by atoms with Gasteiger partial charge in [-0.1, -0.05) is 20.8 Å². The topological polar surface area (TPSA) is 136 Å². The predicted molar refractivity (Wildman–Crippen MR) is 162 cm³/mol. The van der Waals surface area contributed by atoms with Gasteiger partial charge in [0.05, 0.1) is 13.2 Å². The zero-order chi connectivity index (χ0) is 29.7. The van der Waals surface area contributed by atoms with E-state index in [0.717, 1.165) is 71.6 Å². The van der Waals surface area contributed by atoms with Crippen molar-refractivity contribution in [3.63, 3.8) is 0 Å². The Balaban J connectivity index is 1.09. The van der Waals surface area contributed by atoms with Gasteiger partial charge in [0, 0.05) is 56.9 Å². The minimum atomic E-state index is -3.56. The molecule has 5 rings (SSSR count). The maximum atomic E-state index is 13.1. The van der Waals surface area contributed by atoms with Crippen molar-refractivity contribution in [3.8, 4) is 0 Å². The third kappa shape index (κ3) is 7.84. The van der Waals surface area contributed by atoms with Gasteiger partial charge < -0.3 is 20.1 Å². The molecule has 0 bridgehead atoms. The lowest BCUT2D eigenvalue weighted by Gasteiger charge is -2.45. The number of carbonyl (C=O) groups is 1. The summed E-state index contributed by atoms with van der Waals surface area (Å²) in [6.07, 6.45) is 5.24. The molecule has 12 nitrogen and oxygen atoms in total. The Morgan fingerprint density at radius 3 is 2.57 bits per heavy atom. The van der Waals surface area contributed by atoms with E-state index in [1.165, 1.54) is 10.7 Å². The predicted octanol–water partition coefficient (Wildman–Crippen LogP) is -0.0285. The third-order valence-electron chi connectivity index (χ3n) is 10.3. The second kappa shape index (κ2) is 14.9. The number of amides is 1. The van der Waals surface area contributed by atoms with E-state index >= 15 is 0 Å². The summed E-state index contributed by atoms with van der Waals surface area (Å²) >= 11 is 0. The van der Waals surface area contributed by atoms with Gasteiger partial charge in [0.25, 0.3) is 0 Å². The molecule has 4 heterocycles. The molecule has 9 unspecified atom stereocenters. The first-order valence-electron chi connectivity index (χ1n) is 16.5. The van der Waals surface area contributed by atoms with Crippen LogP contribution < -0.4 is 26.6 Å². The van der Waals surface area contributed by atoms with Gasteiger partial charge in [0.2, 0.25) is 15.9 Å². The minimum absolute atomic E-state index is 0.0404. The largest absolute Gasteiger partial charge is 0.379 e. The molecule has 242 valence electrons. The highest BCUT2D eigenvalue weighted by Gasteiger charge is 2.42. The molecule has 0 aromatic carbocycles. The van der Waals surface area contributed by atoms with Crippen LogP contribution in [0.4, 0.5) is 0 Å². The summed E-state index contributed by atoms with van der Waals surface area (Å²) in [4.78, 5) is 15.7. The fraction of sp³-hybridized carbons (Fsp3) is 0.966. The maximum absolute atomic E-state index is 13.1. The highest BCUT2D eigenvalue weighted by Crippen LogP contribution is 2.29. The average molecular weight is 614 g/mol. The molecule has 13 heteroatoms. The second-order valence-electron chi connectivity index (χ2n) is 12.9. The molecule has 4 saturated heterocycles. The highest BCUT2D eigenvalue weighted by atomic mass is 32.2. The molecule has 5 aliphatic rings. The molecule has 9 atom stereocenters. The Labute approximate surface area is 252 Å². The van der Waals surface area contributed by atoms with Crippen LogP contribution in [0, 0.1) is 11.8 Å². The van der Waals surface area contributed by atoms with Crippen molar-refractivity contribution < 1.29 is 22.7 Å². The lowest BCUT2D eigenvalue weighted by atomic mass is 9.82. The number of nitrogens with one attached hydrogen (secondary N) is 5. The number of sulfonamides is 1. The molecule has 0 radical (unpaired) electrons. The van der Waals surface area contributed by atoms with Crippen LogP contribution in [0.2, 0.25) is 0 Å². The molecule has 1 aliphatic carbocycles. The molecule has 5 fully saturated rings. The van der Waals surface area contributed by atoms with Crippen molar-refractivity contribution >= 4 is 15.9 Å². The molecule has 0 aromatic rings. The van der Waals surface area contributed by atoms with Crippen LogP contribution in [-0.2, 0) is 24.3 Å². The van der Waals surface area contributed by atoms with Crippen LogP contribution in [0.15, 0.2) is 0 Å². The average Bonchev–Trinajstić information content (AvgIpc) is 3.52. The molecule has 4 aliphatic heterocycles. The summed E-state index contributed by atoms with van der Waals surface area (Å²) < 4.78 is 38.5. The summed E-state index contributed by atoms with van der Waals surface area (Å²) in [5, 5.41) is 18.3. The Kier molecular flexibility index (Phi) is 11.5. The monoisotopic (exact) mass is 613 g/mol. The number of hydrogen-bond acceptors (Lipinski definition) is 10. The molecule has 0 spiro atoms. The Morgan fingerprint density at radius 1 is 1.02 bits per heavy atom. The standard InChI is InChI=1S/C29H55N7O5S/c1-4-36(5-2)42(38,39)27-9-8-26(41-27)28(37)32-22-7-6-20(3)25(17-22)34-29-31-11-10-24(33-29)21-16-23(19-30-18-21)35-12-14-40-15-13-35/h20-27,29-31,33-34H,4-19H2,1-3H3,(H,32,37). The van der Waals surface area contributed by atoms with Gasteiger partial charge in [-0.3, -0.25) is 25.6 Å². The number of hydrogen-bond donors (Lipinski definition) is 5. The van der Waals surface area contributed by atoms with E-state index < -0.39 is 21.6 Å². The van der Waals surface area contributed by atoms with E-state index in [-0.39, 0.29) is 24.3 Å². The summed E-state index contributed by atoms with van der Waals surface area (Å²) in [5.41, 5.74) is -0.936. The van der Waals surface area contributed by atoms with Gasteiger partial charge in [-0.15, -0.1) is 0 Å². The van der Waals surface area contributed by atoms with E-state index in [4.69, 9.17) is 9.47 Å². The maximum Gasteiger partial charge on any atom is 0.249 e.